The van der Waals surface area contributed by atoms with Crippen molar-refractivity contribution >= 4 is 5.71 Å². The number of rotatable bonds is 4. The fourth-order valence-corrected chi connectivity index (χ4v) is 0.779. The smallest absolute Gasteiger partial charge is 0.0657 e. The second-order valence-electron chi connectivity index (χ2n) is 2.92. The summed E-state index contributed by atoms with van der Waals surface area (Å²) in [5, 5.41) is 0. The molecular weight excluding hydrogens is 182 g/mol. The van der Waals surface area contributed by atoms with Crippen LogP contribution < -0.4 is 0 Å². The minimum atomic E-state index is 0.940. The van der Waals surface area contributed by atoms with Gasteiger partial charge in [-0.15, -0.1) is 0 Å². The van der Waals surface area contributed by atoms with Gasteiger partial charge in [-0.05, 0) is 32.4 Å². The maximum Gasteiger partial charge on any atom is 0.0657 e. The number of nitrogens with zero attached hydrogens (tertiary/aromatic N) is 1. The van der Waals surface area contributed by atoms with E-state index in [1.54, 1.807) is 12.3 Å². The average molecular weight is 205 g/mol. The lowest BCUT2D eigenvalue weighted by molar-refractivity contribution is 1.31. The third-order valence-electron chi connectivity index (χ3n) is 1.75. The molecule has 84 valence electrons. The van der Waals surface area contributed by atoms with Gasteiger partial charge in [0, 0.05) is 6.20 Å². The van der Waals surface area contributed by atoms with E-state index >= 15 is 0 Å². The predicted octanol–water partition coefficient (Wildman–Crippen LogP) is 4.70. The summed E-state index contributed by atoms with van der Waals surface area (Å²) in [4.78, 5) is 4.17. The molecule has 0 heterocycles. The van der Waals surface area contributed by atoms with Crippen LogP contribution in [0.25, 0.3) is 0 Å². The summed E-state index contributed by atoms with van der Waals surface area (Å²) >= 11 is 0. The van der Waals surface area contributed by atoms with Crippen LogP contribution in [-0.2, 0) is 0 Å². The van der Waals surface area contributed by atoms with Crippen molar-refractivity contribution in [2.75, 3.05) is 0 Å². The second-order valence-corrected chi connectivity index (χ2v) is 2.92. The first-order valence-corrected chi connectivity index (χ1v) is 5.25. The molecular formula is C14H23N. The van der Waals surface area contributed by atoms with Crippen LogP contribution in [-0.4, -0.2) is 5.71 Å². The molecule has 0 aliphatic carbocycles. The molecule has 0 rings (SSSR count). The summed E-state index contributed by atoms with van der Waals surface area (Å²) in [7, 11) is 0. The maximum absolute atomic E-state index is 4.17. The Morgan fingerprint density at radius 2 is 1.60 bits per heavy atom. The van der Waals surface area contributed by atoms with Gasteiger partial charge in [-0.2, -0.15) is 0 Å². The molecule has 0 aromatic carbocycles. The monoisotopic (exact) mass is 205 g/mol. The molecule has 1 nitrogen and oxygen atoms in total. The van der Waals surface area contributed by atoms with Crippen molar-refractivity contribution in [1.82, 2.24) is 0 Å². The molecule has 0 amide bonds. The molecule has 0 aromatic rings. The highest BCUT2D eigenvalue weighted by Crippen LogP contribution is 2.06. The van der Waals surface area contributed by atoms with E-state index in [1.807, 2.05) is 32.9 Å². The van der Waals surface area contributed by atoms with Crippen molar-refractivity contribution in [3.8, 4) is 0 Å². The van der Waals surface area contributed by atoms with Crippen LogP contribution in [0.2, 0.25) is 0 Å². The van der Waals surface area contributed by atoms with E-state index in [2.05, 4.69) is 32.0 Å². The fraction of sp³-hybridized carbons (Fsp3) is 0.357. The normalized spacial score (nSPS) is 10.3. The summed E-state index contributed by atoms with van der Waals surface area (Å²) in [6, 6.07) is 0. The van der Waals surface area contributed by atoms with Crippen molar-refractivity contribution < 1.29 is 0 Å². The van der Waals surface area contributed by atoms with Crippen LogP contribution in [0.3, 0.4) is 0 Å². The van der Waals surface area contributed by atoms with Gasteiger partial charge in [0.1, 0.15) is 0 Å². The van der Waals surface area contributed by atoms with E-state index in [-0.39, 0.29) is 0 Å². The van der Waals surface area contributed by atoms with E-state index in [9.17, 15) is 0 Å². The molecule has 0 spiro atoms. The topological polar surface area (TPSA) is 12.4 Å². The largest absolute Gasteiger partial charge is 0.257 e. The van der Waals surface area contributed by atoms with Gasteiger partial charge in [-0.25, -0.2) is 0 Å². The molecule has 15 heavy (non-hydrogen) atoms. The molecule has 0 bridgehead atoms. The molecule has 0 saturated heterocycles. The summed E-state index contributed by atoms with van der Waals surface area (Å²) in [6.45, 7) is 17.4. The highest BCUT2D eigenvalue weighted by molar-refractivity contribution is 6.08. The highest BCUT2D eigenvalue weighted by Gasteiger charge is 1.97. The third kappa shape index (κ3) is 7.68. The quantitative estimate of drug-likeness (QED) is 0.466. The van der Waals surface area contributed by atoms with Crippen LogP contribution in [0, 0.1) is 0 Å². The van der Waals surface area contributed by atoms with Crippen molar-refractivity contribution in [3.63, 3.8) is 0 Å². The Labute approximate surface area is 94.6 Å². The highest BCUT2D eigenvalue weighted by atomic mass is 14.7. The molecule has 0 unspecified atom stereocenters. The van der Waals surface area contributed by atoms with Crippen molar-refractivity contribution in [3.05, 3.63) is 48.7 Å². The van der Waals surface area contributed by atoms with Gasteiger partial charge in [0.15, 0.2) is 0 Å². The van der Waals surface area contributed by atoms with E-state index in [0.717, 1.165) is 5.71 Å². The van der Waals surface area contributed by atoms with Crippen LogP contribution in [0.15, 0.2) is 53.7 Å². The Kier molecular flexibility index (Phi) is 11.5. The van der Waals surface area contributed by atoms with Gasteiger partial charge in [0.2, 0.25) is 0 Å². The minimum Gasteiger partial charge on any atom is -0.257 e. The van der Waals surface area contributed by atoms with Crippen molar-refractivity contribution in [2.24, 2.45) is 4.99 Å². The Hall–Kier alpha value is -1.37. The predicted molar refractivity (Wildman–Crippen MR) is 72.4 cm³/mol. The summed E-state index contributed by atoms with van der Waals surface area (Å²) in [5.74, 6) is 0. The van der Waals surface area contributed by atoms with E-state index in [4.69, 9.17) is 0 Å². The maximum atomic E-state index is 4.17. The average Bonchev–Trinajstić information content (AvgIpc) is 2.26. The van der Waals surface area contributed by atoms with E-state index in [1.165, 1.54) is 11.1 Å². The zero-order valence-electron chi connectivity index (χ0n) is 10.7. The van der Waals surface area contributed by atoms with Gasteiger partial charge in [0.25, 0.3) is 0 Å². The molecule has 0 saturated carbocycles. The number of hydrogen-bond acceptors (Lipinski definition) is 1. The lowest BCUT2D eigenvalue weighted by Gasteiger charge is -2.02. The van der Waals surface area contributed by atoms with E-state index < -0.39 is 0 Å². The van der Waals surface area contributed by atoms with Crippen LogP contribution in [0.5, 0.6) is 0 Å². The number of hydrogen-bond donors (Lipinski definition) is 0. The molecule has 0 atom stereocenters. The van der Waals surface area contributed by atoms with Gasteiger partial charge < -0.3 is 0 Å². The first-order valence-electron chi connectivity index (χ1n) is 5.25. The molecule has 0 aliphatic rings. The minimum absolute atomic E-state index is 0.940. The second kappa shape index (κ2) is 10.7. The van der Waals surface area contributed by atoms with Crippen LogP contribution in [0.4, 0.5) is 0 Å². The Bertz CT molecular complexity index is 274. The van der Waals surface area contributed by atoms with Crippen LogP contribution in [0.1, 0.15) is 34.6 Å². The molecule has 0 fully saturated rings. The summed E-state index contributed by atoms with van der Waals surface area (Å²) in [5.41, 5.74) is 3.38. The van der Waals surface area contributed by atoms with Crippen LogP contribution >= 0.6 is 0 Å². The molecule has 1 heteroatoms. The zero-order chi connectivity index (χ0) is 12.3. The molecule has 0 radical (unpaired) electrons. The first kappa shape index (κ1) is 16.1. The number of allylic oxidation sites excluding steroid dienone is 5. The fourth-order valence-electron chi connectivity index (χ4n) is 0.779. The third-order valence-corrected chi connectivity index (χ3v) is 1.75. The molecule has 0 aliphatic heterocycles. The SMILES string of the molecule is C=C/C=C\C(=NC=C)C(C)=C(C)C.CC. The lowest BCUT2D eigenvalue weighted by atomic mass is 10.1. The molecule has 0 N–H and O–H groups in total. The zero-order valence-corrected chi connectivity index (χ0v) is 10.7. The van der Waals surface area contributed by atoms with Crippen molar-refractivity contribution in [2.45, 2.75) is 34.6 Å². The van der Waals surface area contributed by atoms with Crippen molar-refractivity contribution in [1.29, 1.82) is 0 Å². The Morgan fingerprint density at radius 3 is 1.93 bits per heavy atom. The Balaban J connectivity index is 0. The lowest BCUT2D eigenvalue weighted by Crippen LogP contribution is -1.96. The standard InChI is InChI=1S/C12H17N.C2H6/c1-6-8-9-12(13-7-2)11(5)10(3)4;1-2/h6-9H,1-2H2,3-5H3;1-2H3/b9-8-,13-12?;. The summed E-state index contributed by atoms with van der Waals surface area (Å²) in [6.07, 6.45) is 7.08. The van der Waals surface area contributed by atoms with Gasteiger partial charge >= 0.3 is 0 Å². The molecule has 0 aromatic heterocycles. The first-order chi connectivity index (χ1) is 7.13. The van der Waals surface area contributed by atoms with Gasteiger partial charge in [0.05, 0.1) is 5.71 Å². The van der Waals surface area contributed by atoms with Gasteiger partial charge in [-0.1, -0.05) is 44.7 Å². The Morgan fingerprint density at radius 1 is 1.07 bits per heavy atom. The number of aliphatic imine (C=N–C) groups is 1. The van der Waals surface area contributed by atoms with Gasteiger partial charge in [-0.3, -0.25) is 4.99 Å². The van der Waals surface area contributed by atoms with E-state index in [0.29, 0.717) is 0 Å². The summed E-state index contributed by atoms with van der Waals surface area (Å²) < 4.78 is 0.